The third-order valence-corrected chi connectivity index (χ3v) is 5.90. The molecular weight excluding hydrogens is 294 g/mol. The Morgan fingerprint density at radius 3 is 2.77 bits per heavy atom. The fourth-order valence-corrected chi connectivity index (χ4v) is 4.75. The third-order valence-electron chi connectivity index (χ3n) is 4.25. The summed E-state index contributed by atoms with van der Waals surface area (Å²) in [5.74, 6) is 0.553. The lowest BCUT2D eigenvalue weighted by atomic mass is 10.0. The highest BCUT2D eigenvalue weighted by molar-refractivity contribution is 7.84. The first-order valence-corrected chi connectivity index (χ1v) is 8.66. The van der Waals surface area contributed by atoms with Gasteiger partial charge in [0.2, 0.25) is 5.91 Å². The summed E-state index contributed by atoms with van der Waals surface area (Å²) in [6.07, 6.45) is 2.08. The van der Waals surface area contributed by atoms with Gasteiger partial charge in [-0.3, -0.25) is 13.6 Å². The molecule has 110 valence electrons. The molecule has 2 atom stereocenters. The van der Waals surface area contributed by atoms with Crippen molar-refractivity contribution in [3.05, 3.63) is 71.9 Å². The summed E-state index contributed by atoms with van der Waals surface area (Å²) in [5.41, 5.74) is 3.08. The number of aromatic nitrogens is 1. The van der Waals surface area contributed by atoms with Crippen LogP contribution < -0.4 is 0 Å². The monoisotopic (exact) mass is 309 g/mol. The molecule has 2 aromatic carbocycles. The zero-order valence-corrected chi connectivity index (χ0v) is 12.8. The standard InChI is InChI=1S/C18H15NO2S/c20-18(19-10-9-13-5-2-4-8-16(13)19)11-17-15-7-3-1-6-14(15)12-22(17)21/h1-10,17H,11-12H2/t17-,22+/m0/s1. The zero-order chi connectivity index (χ0) is 15.1. The number of benzene rings is 2. The smallest absolute Gasteiger partial charge is 0.232 e. The van der Waals surface area contributed by atoms with Gasteiger partial charge in [0.1, 0.15) is 0 Å². The highest BCUT2D eigenvalue weighted by Crippen LogP contribution is 2.36. The van der Waals surface area contributed by atoms with Crippen LogP contribution in [0, 0.1) is 0 Å². The minimum absolute atomic E-state index is 0.00347. The second-order valence-electron chi connectivity index (χ2n) is 5.55. The van der Waals surface area contributed by atoms with E-state index in [0.29, 0.717) is 5.75 Å². The fourth-order valence-electron chi connectivity index (χ4n) is 3.14. The Kier molecular flexibility index (Phi) is 3.19. The van der Waals surface area contributed by atoms with E-state index in [-0.39, 0.29) is 17.6 Å². The molecule has 0 bridgehead atoms. The average Bonchev–Trinajstić information content (AvgIpc) is 3.09. The van der Waals surface area contributed by atoms with Crippen molar-refractivity contribution in [1.82, 2.24) is 4.57 Å². The molecule has 0 unspecified atom stereocenters. The summed E-state index contributed by atoms with van der Waals surface area (Å²) >= 11 is 0. The van der Waals surface area contributed by atoms with Gasteiger partial charge in [-0.25, -0.2) is 0 Å². The maximum atomic E-state index is 12.7. The van der Waals surface area contributed by atoms with Crippen LogP contribution in [0.15, 0.2) is 60.8 Å². The van der Waals surface area contributed by atoms with Crippen LogP contribution in [0.3, 0.4) is 0 Å². The average molecular weight is 309 g/mol. The molecule has 3 nitrogen and oxygen atoms in total. The molecule has 0 radical (unpaired) electrons. The van der Waals surface area contributed by atoms with Crippen LogP contribution in [0.5, 0.6) is 0 Å². The Morgan fingerprint density at radius 1 is 1.09 bits per heavy atom. The van der Waals surface area contributed by atoms with Gasteiger partial charge in [-0.1, -0.05) is 42.5 Å². The van der Waals surface area contributed by atoms with Crippen molar-refractivity contribution in [1.29, 1.82) is 0 Å². The topological polar surface area (TPSA) is 39.1 Å². The van der Waals surface area contributed by atoms with Crippen LogP contribution >= 0.6 is 0 Å². The summed E-state index contributed by atoms with van der Waals surface area (Å²) in [6.45, 7) is 0. The van der Waals surface area contributed by atoms with Gasteiger partial charge in [0, 0.05) is 34.6 Å². The molecule has 22 heavy (non-hydrogen) atoms. The van der Waals surface area contributed by atoms with Crippen molar-refractivity contribution in [2.24, 2.45) is 0 Å². The van der Waals surface area contributed by atoms with E-state index in [1.807, 2.05) is 54.6 Å². The van der Waals surface area contributed by atoms with E-state index in [1.165, 1.54) is 0 Å². The molecule has 0 amide bonds. The molecule has 0 saturated heterocycles. The lowest BCUT2D eigenvalue weighted by molar-refractivity contribution is 0.0907. The van der Waals surface area contributed by atoms with Gasteiger partial charge >= 0.3 is 0 Å². The maximum absolute atomic E-state index is 12.7. The minimum Gasteiger partial charge on any atom is -0.287 e. The second-order valence-corrected chi connectivity index (χ2v) is 7.17. The van der Waals surface area contributed by atoms with Gasteiger partial charge in [0.15, 0.2) is 0 Å². The number of hydrogen-bond acceptors (Lipinski definition) is 2. The summed E-state index contributed by atoms with van der Waals surface area (Å²) in [4.78, 5) is 12.7. The minimum atomic E-state index is -1.01. The molecule has 0 fully saturated rings. The van der Waals surface area contributed by atoms with Gasteiger partial charge in [-0.2, -0.15) is 0 Å². The second kappa shape index (κ2) is 5.21. The Morgan fingerprint density at radius 2 is 1.86 bits per heavy atom. The van der Waals surface area contributed by atoms with Gasteiger partial charge in [-0.05, 0) is 23.3 Å². The van der Waals surface area contributed by atoms with Gasteiger partial charge < -0.3 is 0 Å². The molecule has 0 spiro atoms. The molecule has 2 heterocycles. The number of fused-ring (bicyclic) bond motifs is 2. The first kappa shape index (κ1) is 13.5. The third kappa shape index (κ3) is 2.11. The largest absolute Gasteiger partial charge is 0.287 e. The van der Waals surface area contributed by atoms with E-state index < -0.39 is 10.8 Å². The highest BCUT2D eigenvalue weighted by atomic mass is 32.2. The van der Waals surface area contributed by atoms with Crippen molar-refractivity contribution in [3.63, 3.8) is 0 Å². The molecule has 0 aliphatic carbocycles. The van der Waals surface area contributed by atoms with Crippen molar-refractivity contribution in [3.8, 4) is 0 Å². The molecule has 1 aliphatic heterocycles. The molecule has 4 heteroatoms. The molecule has 0 saturated carbocycles. The van der Waals surface area contributed by atoms with E-state index in [2.05, 4.69) is 0 Å². The first-order chi connectivity index (χ1) is 10.7. The van der Waals surface area contributed by atoms with E-state index >= 15 is 0 Å². The fraction of sp³-hybridized carbons (Fsp3) is 0.167. The predicted octanol–water partition coefficient (Wildman–Crippen LogP) is 3.68. The SMILES string of the molecule is O=C(C[C@H]1c2ccccc2C[S@]1=O)n1ccc2ccccc21. The molecule has 1 aliphatic rings. The van der Waals surface area contributed by atoms with E-state index in [9.17, 15) is 9.00 Å². The number of hydrogen-bond donors (Lipinski definition) is 0. The van der Waals surface area contributed by atoms with Crippen LogP contribution in [-0.2, 0) is 16.6 Å². The summed E-state index contributed by atoms with van der Waals surface area (Å²) in [7, 11) is -1.01. The molecule has 1 aromatic heterocycles. The lowest BCUT2D eigenvalue weighted by Gasteiger charge is -2.11. The van der Waals surface area contributed by atoms with Gasteiger partial charge in [-0.15, -0.1) is 0 Å². The van der Waals surface area contributed by atoms with Crippen molar-refractivity contribution in [2.45, 2.75) is 17.4 Å². The van der Waals surface area contributed by atoms with E-state index in [0.717, 1.165) is 22.0 Å². The van der Waals surface area contributed by atoms with Crippen LogP contribution in [0.2, 0.25) is 0 Å². The lowest BCUT2D eigenvalue weighted by Crippen LogP contribution is -2.14. The van der Waals surface area contributed by atoms with Gasteiger partial charge in [0.05, 0.1) is 10.8 Å². The van der Waals surface area contributed by atoms with Crippen molar-refractivity contribution >= 4 is 27.6 Å². The summed E-state index contributed by atoms with van der Waals surface area (Å²) in [5, 5.41) is 0.855. The first-order valence-electron chi connectivity index (χ1n) is 7.28. The van der Waals surface area contributed by atoms with Crippen LogP contribution in [0.1, 0.15) is 27.6 Å². The van der Waals surface area contributed by atoms with E-state index in [1.54, 1.807) is 10.8 Å². The Balaban J connectivity index is 1.67. The number of nitrogens with zero attached hydrogens (tertiary/aromatic N) is 1. The molecular formula is C18H15NO2S. The van der Waals surface area contributed by atoms with E-state index in [4.69, 9.17) is 0 Å². The van der Waals surface area contributed by atoms with Crippen molar-refractivity contribution < 1.29 is 9.00 Å². The summed E-state index contributed by atoms with van der Waals surface area (Å²) < 4.78 is 14.0. The quantitative estimate of drug-likeness (QED) is 0.724. The van der Waals surface area contributed by atoms with Crippen molar-refractivity contribution in [2.75, 3.05) is 0 Å². The Labute approximate surface area is 131 Å². The maximum Gasteiger partial charge on any atom is 0.232 e. The number of carbonyl (C=O) groups is 1. The number of rotatable bonds is 2. The van der Waals surface area contributed by atoms with Crippen LogP contribution in [-0.4, -0.2) is 14.7 Å². The Hall–Kier alpha value is -2.20. The Bertz CT molecular complexity index is 897. The molecule has 3 aromatic rings. The summed E-state index contributed by atoms with van der Waals surface area (Å²) in [6, 6.07) is 17.6. The van der Waals surface area contributed by atoms with Crippen LogP contribution in [0.25, 0.3) is 10.9 Å². The van der Waals surface area contributed by atoms with Crippen LogP contribution in [0.4, 0.5) is 0 Å². The normalized spacial score (nSPS) is 20.2. The molecule has 0 N–H and O–H groups in total. The predicted molar refractivity (Wildman–Crippen MR) is 88.2 cm³/mol. The molecule has 4 rings (SSSR count). The highest BCUT2D eigenvalue weighted by Gasteiger charge is 2.31. The number of carbonyl (C=O) groups excluding carboxylic acids is 1. The number of para-hydroxylation sites is 1. The zero-order valence-electron chi connectivity index (χ0n) is 11.9. The van der Waals surface area contributed by atoms with Gasteiger partial charge in [0.25, 0.3) is 0 Å².